The molecule has 1 aliphatic rings. The Balaban J connectivity index is 1.91. The number of likely N-dealkylation sites (N-methyl/N-ethyl adjacent to an activating group) is 1. The van der Waals surface area contributed by atoms with Gasteiger partial charge in [-0.3, -0.25) is 0 Å². The number of nitrogens with one attached hydrogen (secondary N) is 1. The Labute approximate surface area is 99.4 Å². The number of anilines is 1. The maximum absolute atomic E-state index is 13.3. The summed E-state index contributed by atoms with van der Waals surface area (Å²) in [6.07, 6.45) is 0.0106. The molecule has 1 saturated heterocycles. The Morgan fingerprint density at radius 1 is 1.47 bits per heavy atom. The second-order valence-corrected chi connectivity index (χ2v) is 4.24. The average molecular weight is 242 g/mol. The Morgan fingerprint density at radius 2 is 2.29 bits per heavy atom. The molecule has 5 heteroatoms. The fourth-order valence-electron chi connectivity index (χ4n) is 1.85. The molecule has 1 aromatic rings. The Bertz CT molecular complexity index is 387. The van der Waals surface area contributed by atoms with E-state index in [-0.39, 0.29) is 11.8 Å². The molecule has 17 heavy (non-hydrogen) atoms. The molecule has 1 atom stereocenters. The summed E-state index contributed by atoms with van der Waals surface area (Å²) < 4.78 is 31.8. The van der Waals surface area contributed by atoms with Gasteiger partial charge >= 0.3 is 0 Å². The zero-order valence-corrected chi connectivity index (χ0v) is 9.75. The van der Waals surface area contributed by atoms with Crippen LogP contribution in [-0.4, -0.2) is 44.3 Å². The average Bonchev–Trinajstić information content (AvgIpc) is 2.31. The van der Waals surface area contributed by atoms with Crippen LogP contribution in [0.15, 0.2) is 18.2 Å². The van der Waals surface area contributed by atoms with Gasteiger partial charge in [-0.2, -0.15) is 0 Å². The molecule has 0 saturated carbocycles. The third-order valence-corrected chi connectivity index (χ3v) is 2.81. The fourth-order valence-corrected chi connectivity index (χ4v) is 1.85. The number of hydrogen-bond acceptors (Lipinski definition) is 3. The van der Waals surface area contributed by atoms with Gasteiger partial charge < -0.3 is 15.0 Å². The van der Waals surface area contributed by atoms with Gasteiger partial charge in [0.1, 0.15) is 0 Å². The predicted molar refractivity (Wildman–Crippen MR) is 62.1 cm³/mol. The largest absolute Gasteiger partial charge is 0.380 e. The fraction of sp³-hybridized carbons (Fsp3) is 0.500. The molecule has 1 aromatic carbocycles. The molecule has 0 bridgehead atoms. The normalized spacial score (nSPS) is 21.5. The molecular weight excluding hydrogens is 226 g/mol. The van der Waals surface area contributed by atoms with E-state index in [1.54, 1.807) is 0 Å². The van der Waals surface area contributed by atoms with Crippen LogP contribution < -0.4 is 5.32 Å². The van der Waals surface area contributed by atoms with Crippen molar-refractivity contribution in [3.63, 3.8) is 0 Å². The van der Waals surface area contributed by atoms with Crippen LogP contribution in [0.1, 0.15) is 0 Å². The van der Waals surface area contributed by atoms with E-state index in [4.69, 9.17) is 4.74 Å². The summed E-state index contributed by atoms with van der Waals surface area (Å²) >= 11 is 0. The predicted octanol–water partition coefficient (Wildman–Crippen LogP) is 1.71. The van der Waals surface area contributed by atoms with Gasteiger partial charge in [0.05, 0.1) is 18.4 Å². The Hall–Kier alpha value is -1.20. The number of halogens is 2. The quantitative estimate of drug-likeness (QED) is 0.873. The minimum Gasteiger partial charge on any atom is -0.380 e. The second kappa shape index (κ2) is 5.42. The minimum atomic E-state index is -0.836. The van der Waals surface area contributed by atoms with Crippen LogP contribution in [-0.2, 0) is 4.74 Å². The Morgan fingerprint density at radius 3 is 3.06 bits per heavy atom. The molecule has 3 nitrogen and oxygen atoms in total. The first-order chi connectivity index (χ1) is 8.16. The third-order valence-electron chi connectivity index (χ3n) is 2.81. The number of ether oxygens (including phenoxy) is 1. The van der Waals surface area contributed by atoms with Crippen molar-refractivity contribution >= 4 is 5.69 Å². The molecule has 1 heterocycles. The monoisotopic (exact) mass is 242 g/mol. The van der Waals surface area contributed by atoms with E-state index in [9.17, 15) is 8.78 Å². The maximum Gasteiger partial charge on any atom is 0.181 e. The highest BCUT2D eigenvalue weighted by Crippen LogP contribution is 2.16. The van der Waals surface area contributed by atoms with E-state index in [2.05, 4.69) is 10.2 Å². The molecule has 1 unspecified atom stereocenters. The lowest BCUT2D eigenvalue weighted by atomic mass is 10.2. The summed E-state index contributed by atoms with van der Waals surface area (Å²) in [6, 6.07) is 4.10. The molecule has 2 rings (SSSR count). The van der Waals surface area contributed by atoms with E-state index in [1.165, 1.54) is 12.1 Å². The van der Waals surface area contributed by atoms with Crippen molar-refractivity contribution in [2.75, 3.05) is 38.6 Å². The minimum absolute atomic E-state index is 0.0106. The first-order valence-electron chi connectivity index (χ1n) is 5.65. The molecule has 0 spiro atoms. The van der Waals surface area contributed by atoms with E-state index in [1.807, 2.05) is 7.05 Å². The molecule has 1 fully saturated rings. The molecule has 94 valence electrons. The summed E-state index contributed by atoms with van der Waals surface area (Å²) in [4.78, 5) is 2.15. The third kappa shape index (κ3) is 3.14. The number of benzene rings is 1. The van der Waals surface area contributed by atoms with E-state index in [0.717, 1.165) is 19.2 Å². The standard InChI is InChI=1S/C12H16F2N2O/c1-16-5-6-17-9(8-16)7-15-11-4-2-3-10(13)12(11)14/h2-4,9,15H,5-8H2,1H3. The highest BCUT2D eigenvalue weighted by atomic mass is 19.2. The Kier molecular flexibility index (Phi) is 3.91. The van der Waals surface area contributed by atoms with Gasteiger partial charge in [-0.25, -0.2) is 8.78 Å². The number of nitrogens with zero attached hydrogens (tertiary/aromatic N) is 1. The molecule has 0 aliphatic carbocycles. The SMILES string of the molecule is CN1CCOC(CNc2cccc(F)c2F)C1. The van der Waals surface area contributed by atoms with Crippen LogP contribution >= 0.6 is 0 Å². The first-order valence-corrected chi connectivity index (χ1v) is 5.65. The lowest BCUT2D eigenvalue weighted by Gasteiger charge is -2.30. The van der Waals surface area contributed by atoms with E-state index >= 15 is 0 Å². The van der Waals surface area contributed by atoms with Gasteiger partial charge in [0.15, 0.2) is 11.6 Å². The first kappa shape index (κ1) is 12.3. The van der Waals surface area contributed by atoms with Crippen molar-refractivity contribution in [3.8, 4) is 0 Å². The summed E-state index contributed by atoms with van der Waals surface area (Å²) in [5.41, 5.74) is 0.182. The van der Waals surface area contributed by atoms with E-state index in [0.29, 0.717) is 13.2 Å². The molecule has 0 radical (unpaired) electrons. The maximum atomic E-state index is 13.3. The summed E-state index contributed by atoms with van der Waals surface area (Å²) in [7, 11) is 2.01. The molecule has 1 aliphatic heterocycles. The molecule has 0 amide bonds. The summed E-state index contributed by atoms with van der Waals surface area (Å²) in [5.74, 6) is -1.67. The zero-order chi connectivity index (χ0) is 12.3. The van der Waals surface area contributed by atoms with Crippen LogP contribution in [0, 0.1) is 11.6 Å². The summed E-state index contributed by atoms with van der Waals surface area (Å²) in [5, 5.41) is 2.88. The van der Waals surface area contributed by atoms with Crippen LogP contribution in [0.2, 0.25) is 0 Å². The van der Waals surface area contributed by atoms with Crippen molar-refractivity contribution < 1.29 is 13.5 Å². The zero-order valence-electron chi connectivity index (χ0n) is 9.75. The van der Waals surface area contributed by atoms with Crippen LogP contribution in [0.5, 0.6) is 0 Å². The van der Waals surface area contributed by atoms with Crippen molar-refractivity contribution in [1.29, 1.82) is 0 Å². The lowest BCUT2D eigenvalue weighted by molar-refractivity contribution is -0.0117. The van der Waals surface area contributed by atoms with Gasteiger partial charge in [0.25, 0.3) is 0 Å². The highest BCUT2D eigenvalue weighted by molar-refractivity contribution is 5.44. The van der Waals surface area contributed by atoms with Crippen LogP contribution in [0.3, 0.4) is 0 Å². The van der Waals surface area contributed by atoms with Gasteiger partial charge in [-0.15, -0.1) is 0 Å². The van der Waals surface area contributed by atoms with Crippen molar-refractivity contribution in [2.24, 2.45) is 0 Å². The van der Waals surface area contributed by atoms with Gasteiger partial charge in [0, 0.05) is 19.6 Å². The summed E-state index contributed by atoms with van der Waals surface area (Å²) in [6.45, 7) is 2.86. The van der Waals surface area contributed by atoms with Crippen molar-refractivity contribution in [3.05, 3.63) is 29.8 Å². The molecule has 0 aromatic heterocycles. The number of morpholine rings is 1. The smallest absolute Gasteiger partial charge is 0.181 e. The van der Waals surface area contributed by atoms with Crippen LogP contribution in [0.25, 0.3) is 0 Å². The molecule has 1 N–H and O–H groups in total. The van der Waals surface area contributed by atoms with Crippen LogP contribution in [0.4, 0.5) is 14.5 Å². The topological polar surface area (TPSA) is 24.5 Å². The number of hydrogen-bond donors (Lipinski definition) is 1. The molecular formula is C12H16F2N2O. The second-order valence-electron chi connectivity index (χ2n) is 4.24. The number of rotatable bonds is 3. The lowest BCUT2D eigenvalue weighted by Crippen LogP contribution is -2.43. The van der Waals surface area contributed by atoms with Gasteiger partial charge in [0.2, 0.25) is 0 Å². The van der Waals surface area contributed by atoms with Gasteiger partial charge in [-0.05, 0) is 19.2 Å². The van der Waals surface area contributed by atoms with Crippen molar-refractivity contribution in [2.45, 2.75) is 6.10 Å². The van der Waals surface area contributed by atoms with Crippen molar-refractivity contribution in [1.82, 2.24) is 4.90 Å². The highest BCUT2D eigenvalue weighted by Gasteiger charge is 2.18. The van der Waals surface area contributed by atoms with Gasteiger partial charge in [-0.1, -0.05) is 6.07 Å². The van der Waals surface area contributed by atoms with E-state index < -0.39 is 11.6 Å².